The standard InChI is InChI=1S/C14H16NO2S/c1-12-3-5-14(6-4-12)18(16,17)11-13-7-9-15(2)10-8-13/h3-10H,11H2,1-2H3/q+1. The average molecular weight is 262 g/mol. The molecular weight excluding hydrogens is 246 g/mol. The lowest BCUT2D eigenvalue weighted by molar-refractivity contribution is -0.671. The molecule has 0 saturated heterocycles. The highest BCUT2D eigenvalue weighted by Crippen LogP contribution is 2.16. The molecule has 1 heterocycles. The summed E-state index contributed by atoms with van der Waals surface area (Å²) in [7, 11) is -1.35. The fraction of sp³-hybridized carbons (Fsp3) is 0.214. The van der Waals surface area contributed by atoms with E-state index in [0.717, 1.165) is 11.1 Å². The second kappa shape index (κ2) is 4.90. The third-order valence-electron chi connectivity index (χ3n) is 2.78. The molecule has 1 aromatic carbocycles. The van der Waals surface area contributed by atoms with E-state index in [-0.39, 0.29) is 5.75 Å². The number of rotatable bonds is 3. The van der Waals surface area contributed by atoms with E-state index in [9.17, 15) is 8.42 Å². The van der Waals surface area contributed by atoms with Gasteiger partial charge in [-0.25, -0.2) is 13.0 Å². The van der Waals surface area contributed by atoms with Crippen molar-refractivity contribution in [3.63, 3.8) is 0 Å². The van der Waals surface area contributed by atoms with Crippen molar-refractivity contribution in [3.05, 3.63) is 59.9 Å². The largest absolute Gasteiger partial charge is 0.223 e. The quantitative estimate of drug-likeness (QED) is 0.791. The smallest absolute Gasteiger partial charge is 0.182 e. The lowest BCUT2D eigenvalue weighted by atomic mass is 10.2. The zero-order chi connectivity index (χ0) is 13.2. The molecule has 3 nitrogen and oxygen atoms in total. The Balaban J connectivity index is 2.27. The summed E-state index contributed by atoms with van der Waals surface area (Å²) >= 11 is 0. The van der Waals surface area contributed by atoms with Gasteiger partial charge < -0.3 is 0 Å². The summed E-state index contributed by atoms with van der Waals surface area (Å²) in [6.45, 7) is 1.94. The number of nitrogens with zero attached hydrogens (tertiary/aromatic N) is 1. The molecule has 0 amide bonds. The third-order valence-corrected chi connectivity index (χ3v) is 4.49. The monoisotopic (exact) mass is 262 g/mol. The van der Waals surface area contributed by atoms with Crippen LogP contribution in [0.1, 0.15) is 11.1 Å². The summed E-state index contributed by atoms with van der Waals surface area (Å²) in [5.41, 5.74) is 1.86. The van der Waals surface area contributed by atoms with Gasteiger partial charge in [0.2, 0.25) is 0 Å². The van der Waals surface area contributed by atoms with Gasteiger partial charge in [0.15, 0.2) is 22.2 Å². The molecule has 0 bridgehead atoms. The van der Waals surface area contributed by atoms with Gasteiger partial charge in [-0.2, -0.15) is 0 Å². The van der Waals surface area contributed by atoms with Crippen molar-refractivity contribution in [3.8, 4) is 0 Å². The van der Waals surface area contributed by atoms with Crippen molar-refractivity contribution in [2.45, 2.75) is 17.6 Å². The highest BCUT2D eigenvalue weighted by Gasteiger charge is 2.15. The molecule has 94 valence electrons. The second-order valence-electron chi connectivity index (χ2n) is 4.44. The van der Waals surface area contributed by atoms with E-state index in [0.29, 0.717) is 4.90 Å². The van der Waals surface area contributed by atoms with Crippen LogP contribution < -0.4 is 4.57 Å². The van der Waals surface area contributed by atoms with E-state index in [1.807, 2.05) is 55.2 Å². The molecule has 2 aromatic rings. The Morgan fingerprint density at radius 1 is 1.00 bits per heavy atom. The van der Waals surface area contributed by atoms with Crippen LogP contribution >= 0.6 is 0 Å². The number of sulfone groups is 1. The van der Waals surface area contributed by atoms with Gasteiger partial charge in [0, 0.05) is 12.1 Å². The summed E-state index contributed by atoms with van der Waals surface area (Å²) in [6.07, 6.45) is 3.69. The first-order valence-electron chi connectivity index (χ1n) is 5.71. The first kappa shape index (κ1) is 12.8. The van der Waals surface area contributed by atoms with Crippen LogP contribution in [0.3, 0.4) is 0 Å². The van der Waals surface area contributed by atoms with E-state index in [2.05, 4.69) is 0 Å². The Hall–Kier alpha value is -1.68. The maximum Gasteiger partial charge on any atom is 0.182 e. The maximum absolute atomic E-state index is 12.2. The predicted octanol–water partition coefficient (Wildman–Crippen LogP) is 1.79. The van der Waals surface area contributed by atoms with E-state index in [1.165, 1.54) is 0 Å². The van der Waals surface area contributed by atoms with Crippen molar-refractivity contribution in [1.29, 1.82) is 0 Å². The minimum absolute atomic E-state index is 0.0386. The van der Waals surface area contributed by atoms with Crippen LogP contribution in [0.4, 0.5) is 0 Å². The number of benzene rings is 1. The molecule has 18 heavy (non-hydrogen) atoms. The van der Waals surface area contributed by atoms with E-state index in [1.54, 1.807) is 12.1 Å². The summed E-state index contributed by atoms with van der Waals surface area (Å²) in [5, 5.41) is 0. The van der Waals surface area contributed by atoms with Crippen molar-refractivity contribution >= 4 is 9.84 Å². The minimum Gasteiger partial charge on any atom is -0.223 e. The van der Waals surface area contributed by atoms with Crippen LogP contribution in [-0.4, -0.2) is 8.42 Å². The van der Waals surface area contributed by atoms with E-state index in [4.69, 9.17) is 0 Å². The van der Waals surface area contributed by atoms with E-state index >= 15 is 0 Å². The Morgan fingerprint density at radius 3 is 2.11 bits per heavy atom. The van der Waals surface area contributed by atoms with Crippen LogP contribution in [0.5, 0.6) is 0 Å². The fourth-order valence-electron chi connectivity index (χ4n) is 1.68. The van der Waals surface area contributed by atoms with Gasteiger partial charge in [0.1, 0.15) is 7.05 Å². The van der Waals surface area contributed by atoms with Crippen LogP contribution in [0.2, 0.25) is 0 Å². The summed E-state index contributed by atoms with van der Waals surface area (Å²) in [4.78, 5) is 0.376. The summed E-state index contributed by atoms with van der Waals surface area (Å²) in [6, 6.07) is 10.6. The Morgan fingerprint density at radius 2 is 1.56 bits per heavy atom. The highest BCUT2D eigenvalue weighted by molar-refractivity contribution is 7.90. The number of pyridine rings is 1. The van der Waals surface area contributed by atoms with Crippen LogP contribution in [0, 0.1) is 6.92 Å². The fourth-order valence-corrected chi connectivity index (χ4v) is 3.03. The molecule has 0 aliphatic heterocycles. The van der Waals surface area contributed by atoms with Crippen molar-refractivity contribution in [2.24, 2.45) is 7.05 Å². The minimum atomic E-state index is -3.25. The molecule has 0 atom stereocenters. The molecule has 0 spiro atoms. The maximum atomic E-state index is 12.2. The Kier molecular flexibility index (Phi) is 3.48. The summed E-state index contributed by atoms with van der Waals surface area (Å²) < 4.78 is 26.3. The van der Waals surface area contributed by atoms with Crippen molar-refractivity contribution < 1.29 is 13.0 Å². The van der Waals surface area contributed by atoms with E-state index < -0.39 is 9.84 Å². The first-order valence-corrected chi connectivity index (χ1v) is 7.36. The summed E-state index contributed by atoms with van der Waals surface area (Å²) in [5.74, 6) is 0.0386. The second-order valence-corrected chi connectivity index (χ2v) is 6.43. The molecule has 0 fully saturated rings. The molecule has 2 rings (SSSR count). The average Bonchev–Trinajstić information content (AvgIpc) is 2.32. The van der Waals surface area contributed by atoms with Gasteiger partial charge >= 0.3 is 0 Å². The molecule has 0 unspecified atom stereocenters. The van der Waals surface area contributed by atoms with Crippen LogP contribution in [0.25, 0.3) is 0 Å². The lowest BCUT2D eigenvalue weighted by Crippen LogP contribution is -2.26. The predicted molar refractivity (Wildman–Crippen MR) is 69.7 cm³/mol. The number of aryl methyl sites for hydroxylation is 2. The molecule has 1 aromatic heterocycles. The SMILES string of the molecule is Cc1ccc(S(=O)(=O)Cc2cc[n+](C)cc2)cc1. The first-order chi connectivity index (χ1) is 8.47. The molecule has 0 saturated carbocycles. The topological polar surface area (TPSA) is 38.0 Å². The van der Waals surface area contributed by atoms with Gasteiger partial charge in [-0.1, -0.05) is 17.7 Å². The Bertz CT molecular complexity index is 628. The lowest BCUT2D eigenvalue weighted by Gasteiger charge is -2.04. The zero-order valence-corrected chi connectivity index (χ0v) is 11.3. The zero-order valence-electron chi connectivity index (χ0n) is 10.5. The number of hydrogen-bond acceptors (Lipinski definition) is 2. The molecule has 4 heteroatoms. The number of hydrogen-bond donors (Lipinski definition) is 0. The van der Waals surface area contributed by atoms with Gasteiger partial charge in [0.05, 0.1) is 10.6 Å². The van der Waals surface area contributed by atoms with Gasteiger partial charge in [0.25, 0.3) is 0 Å². The Labute approximate surface area is 108 Å². The molecule has 0 aliphatic carbocycles. The molecule has 0 radical (unpaired) electrons. The number of aromatic nitrogens is 1. The van der Waals surface area contributed by atoms with Crippen molar-refractivity contribution in [1.82, 2.24) is 0 Å². The molecular formula is C14H16NO2S+. The van der Waals surface area contributed by atoms with Gasteiger partial charge in [-0.15, -0.1) is 0 Å². The normalized spacial score (nSPS) is 11.4. The van der Waals surface area contributed by atoms with Crippen LogP contribution in [0.15, 0.2) is 53.7 Å². The van der Waals surface area contributed by atoms with Gasteiger partial charge in [-0.05, 0) is 24.6 Å². The molecule has 0 aliphatic rings. The third kappa shape index (κ3) is 2.96. The van der Waals surface area contributed by atoms with Crippen LogP contribution in [-0.2, 0) is 22.6 Å². The molecule has 0 N–H and O–H groups in total. The van der Waals surface area contributed by atoms with Gasteiger partial charge in [-0.3, -0.25) is 0 Å². The van der Waals surface area contributed by atoms with Crippen molar-refractivity contribution in [2.75, 3.05) is 0 Å². The highest BCUT2D eigenvalue weighted by atomic mass is 32.2.